The quantitative estimate of drug-likeness (QED) is 0.855. The second kappa shape index (κ2) is 7.03. The van der Waals surface area contributed by atoms with Crippen LogP contribution in [0.5, 0.6) is 0 Å². The average molecular weight is 372 g/mol. The Morgan fingerprint density at radius 1 is 1.31 bits per heavy atom. The van der Waals surface area contributed by atoms with Crippen molar-refractivity contribution in [3.63, 3.8) is 0 Å². The summed E-state index contributed by atoms with van der Waals surface area (Å²) in [7, 11) is 0. The van der Waals surface area contributed by atoms with Gasteiger partial charge in [-0.05, 0) is 37.1 Å². The fourth-order valence-corrected chi connectivity index (χ4v) is 3.92. The zero-order chi connectivity index (χ0) is 18.1. The lowest BCUT2D eigenvalue weighted by molar-refractivity contribution is 0.0680. The fraction of sp³-hybridized carbons (Fsp3) is 0.444. The molecule has 1 aliphatic carbocycles. The molecule has 26 heavy (non-hydrogen) atoms. The zero-order valence-corrected chi connectivity index (χ0v) is 15.1. The second-order valence-electron chi connectivity index (χ2n) is 6.83. The standard InChI is InChI=1S/C18H20N4O3S/c23-16(13-9-19-15(11-5-6-11)21-17(13)24)20-12-3-1-7-22(10-12)18(25)14-4-2-8-26-14/h2,4,8-9,11-12H,1,3,5-7,10H2,(H,20,23)(H,19,21,24). The Labute approximate surface area is 154 Å². The first-order valence-corrected chi connectivity index (χ1v) is 9.72. The number of carbonyl (C=O) groups excluding carboxylic acids is 2. The van der Waals surface area contributed by atoms with Gasteiger partial charge >= 0.3 is 0 Å². The van der Waals surface area contributed by atoms with E-state index in [0.29, 0.717) is 29.7 Å². The molecular formula is C18H20N4O3S. The molecular weight excluding hydrogens is 352 g/mol. The Balaban J connectivity index is 1.41. The maximum atomic E-state index is 12.5. The summed E-state index contributed by atoms with van der Waals surface area (Å²) < 4.78 is 0. The first-order chi connectivity index (χ1) is 12.6. The van der Waals surface area contributed by atoms with Crippen molar-refractivity contribution >= 4 is 23.2 Å². The first kappa shape index (κ1) is 17.0. The van der Waals surface area contributed by atoms with Crippen molar-refractivity contribution in [2.75, 3.05) is 13.1 Å². The van der Waals surface area contributed by atoms with Crippen LogP contribution >= 0.6 is 11.3 Å². The number of piperidine rings is 1. The maximum absolute atomic E-state index is 12.5. The summed E-state index contributed by atoms with van der Waals surface area (Å²) >= 11 is 1.42. The Kier molecular flexibility index (Phi) is 4.58. The van der Waals surface area contributed by atoms with Crippen molar-refractivity contribution in [1.29, 1.82) is 0 Å². The van der Waals surface area contributed by atoms with Crippen LogP contribution < -0.4 is 10.9 Å². The molecule has 0 bridgehead atoms. The summed E-state index contributed by atoms with van der Waals surface area (Å²) in [6.45, 7) is 1.13. The van der Waals surface area contributed by atoms with Crippen molar-refractivity contribution in [3.8, 4) is 0 Å². The Hall–Kier alpha value is -2.48. The van der Waals surface area contributed by atoms with Crippen LogP contribution in [0.1, 0.15) is 57.5 Å². The van der Waals surface area contributed by atoms with E-state index >= 15 is 0 Å². The molecule has 1 atom stereocenters. The van der Waals surface area contributed by atoms with Crippen molar-refractivity contribution in [2.45, 2.75) is 37.6 Å². The van der Waals surface area contributed by atoms with Crippen molar-refractivity contribution in [2.24, 2.45) is 0 Å². The number of hydrogen-bond acceptors (Lipinski definition) is 5. The monoisotopic (exact) mass is 372 g/mol. The molecule has 2 aromatic heterocycles. The van der Waals surface area contributed by atoms with E-state index in [1.54, 1.807) is 4.90 Å². The van der Waals surface area contributed by atoms with E-state index in [4.69, 9.17) is 0 Å². The minimum Gasteiger partial charge on any atom is -0.347 e. The molecule has 0 aromatic carbocycles. The SMILES string of the molecule is O=C(NC1CCCN(C(=O)c2cccs2)C1)c1cnc(C2CC2)[nH]c1=O. The molecule has 1 unspecified atom stereocenters. The Morgan fingerprint density at radius 2 is 2.15 bits per heavy atom. The number of H-pyrrole nitrogens is 1. The Morgan fingerprint density at radius 3 is 2.85 bits per heavy atom. The van der Waals surface area contributed by atoms with E-state index in [9.17, 15) is 14.4 Å². The highest BCUT2D eigenvalue weighted by Crippen LogP contribution is 2.37. The number of hydrogen-bond donors (Lipinski definition) is 2. The number of likely N-dealkylation sites (tertiary alicyclic amines) is 1. The van der Waals surface area contributed by atoms with Crippen LogP contribution in [0.2, 0.25) is 0 Å². The highest BCUT2D eigenvalue weighted by Gasteiger charge is 2.28. The first-order valence-electron chi connectivity index (χ1n) is 8.84. The highest BCUT2D eigenvalue weighted by atomic mass is 32.1. The van der Waals surface area contributed by atoms with E-state index in [1.165, 1.54) is 17.5 Å². The van der Waals surface area contributed by atoms with Gasteiger partial charge < -0.3 is 15.2 Å². The third-order valence-corrected chi connectivity index (χ3v) is 5.66. The minimum absolute atomic E-state index is 0.00718. The summed E-state index contributed by atoms with van der Waals surface area (Å²) in [6, 6.07) is 3.50. The van der Waals surface area contributed by atoms with Crippen LogP contribution in [0.25, 0.3) is 0 Å². The molecule has 3 heterocycles. The average Bonchev–Trinajstić information content (AvgIpc) is 3.35. The van der Waals surface area contributed by atoms with Gasteiger partial charge in [0.25, 0.3) is 17.4 Å². The smallest absolute Gasteiger partial charge is 0.263 e. The van der Waals surface area contributed by atoms with Gasteiger partial charge in [-0.15, -0.1) is 11.3 Å². The van der Waals surface area contributed by atoms with Crippen LogP contribution in [0.4, 0.5) is 0 Å². The van der Waals surface area contributed by atoms with Crippen molar-refractivity contribution in [1.82, 2.24) is 20.2 Å². The lowest BCUT2D eigenvalue weighted by Gasteiger charge is -2.32. The molecule has 2 amide bonds. The van der Waals surface area contributed by atoms with Crippen molar-refractivity contribution in [3.05, 3.63) is 50.3 Å². The van der Waals surface area contributed by atoms with Gasteiger partial charge in [-0.2, -0.15) is 0 Å². The third-order valence-electron chi connectivity index (χ3n) is 4.80. The van der Waals surface area contributed by atoms with Gasteiger partial charge in [0.2, 0.25) is 0 Å². The van der Waals surface area contributed by atoms with Gasteiger partial charge in [-0.25, -0.2) is 4.98 Å². The molecule has 2 fully saturated rings. The number of aromatic amines is 1. The number of nitrogens with zero attached hydrogens (tertiary/aromatic N) is 2. The summed E-state index contributed by atoms with van der Waals surface area (Å²) in [4.78, 5) is 46.5. The van der Waals surface area contributed by atoms with Gasteiger partial charge in [-0.3, -0.25) is 14.4 Å². The van der Waals surface area contributed by atoms with Gasteiger partial charge in [0.1, 0.15) is 11.4 Å². The van der Waals surface area contributed by atoms with Crippen LogP contribution in [-0.2, 0) is 0 Å². The molecule has 136 valence electrons. The molecule has 2 N–H and O–H groups in total. The molecule has 1 saturated carbocycles. The molecule has 8 heteroatoms. The second-order valence-corrected chi connectivity index (χ2v) is 7.77. The van der Waals surface area contributed by atoms with Gasteiger partial charge in [0.05, 0.1) is 4.88 Å². The van der Waals surface area contributed by atoms with Crippen LogP contribution in [0.3, 0.4) is 0 Å². The molecule has 1 saturated heterocycles. The van der Waals surface area contributed by atoms with Gasteiger partial charge in [0.15, 0.2) is 0 Å². The topological polar surface area (TPSA) is 95.2 Å². The van der Waals surface area contributed by atoms with Gasteiger partial charge in [0, 0.05) is 31.2 Å². The summed E-state index contributed by atoms with van der Waals surface area (Å²) in [5.74, 6) is 0.552. The predicted molar refractivity (Wildman–Crippen MR) is 97.5 cm³/mol. The number of aromatic nitrogens is 2. The fourth-order valence-electron chi connectivity index (χ4n) is 3.23. The summed E-state index contributed by atoms with van der Waals surface area (Å²) in [5, 5.41) is 4.76. The van der Waals surface area contributed by atoms with Crippen LogP contribution in [0, 0.1) is 0 Å². The molecule has 7 nitrogen and oxygen atoms in total. The lowest BCUT2D eigenvalue weighted by atomic mass is 10.0. The predicted octanol–water partition coefficient (Wildman–Crippen LogP) is 1.74. The zero-order valence-electron chi connectivity index (χ0n) is 14.2. The van der Waals surface area contributed by atoms with E-state index in [0.717, 1.165) is 25.7 Å². The number of rotatable bonds is 4. The third kappa shape index (κ3) is 3.55. The highest BCUT2D eigenvalue weighted by molar-refractivity contribution is 7.12. The maximum Gasteiger partial charge on any atom is 0.263 e. The molecule has 1 aliphatic heterocycles. The van der Waals surface area contributed by atoms with E-state index < -0.39 is 11.5 Å². The van der Waals surface area contributed by atoms with E-state index in [-0.39, 0.29) is 17.5 Å². The lowest BCUT2D eigenvalue weighted by Crippen LogP contribution is -2.50. The molecule has 0 radical (unpaired) electrons. The molecule has 0 spiro atoms. The normalized spacial score (nSPS) is 20.0. The summed E-state index contributed by atoms with van der Waals surface area (Å²) in [5.41, 5.74) is -0.377. The molecule has 2 aliphatic rings. The number of amides is 2. The van der Waals surface area contributed by atoms with E-state index in [1.807, 2.05) is 17.5 Å². The number of carbonyl (C=O) groups is 2. The van der Waals surface area contributed by atoms with Crippen LogP contribution in [-0.4, -0.2) is 45.8 Å². The number of nitrogens with one attached hydrogen (secondary N) is 2. The molecule has 4 rings (SSSR count). The van der Waals surface area contributed by atoms with Gasteiger partial charge in [-0.1, -0.05) is 6.07 Å². The largest absolute Gasteiger partial charge is 0.347 e. The van der Waals surface area contributed by atoms with Crippen molar-refractivity contribution < 1.29 is 9.59 Å². The summed E-state index contributed by atoms with van der Waals surface area (Å²) in [6.07, 6.45) is 5.03. The minimum atomic E-state index is -0.434. The Bertz CT molecular complexity index is 873. The molecule has 2 aromatic rings. The van der Waals surface area contributed by atoms with Crippen LogP contribution in [0.15, 0.2) is 28.5 Å². The number of thiophene rings is 1. The van der Waals surface area contributed by atoms with E-state index in [2.05, 4.69) is 15.3 Å².